The van der Waals surface area contributed by atoms with E-state index in [1.807, 2.05) is 32.0 Å². The molecule has 0 unspecified atom stereocenters. The van der Waals surface area contributed by atoms with Crippen molar-refractivity contribution in [1.29, 1.82) is 0 Å². The average Bonchev–Trinajstić information content (AvgIpc) is 3.07. The minimum absolute atomic E-state index is 0.208. The standard InChI is InChI=1S/C36H46FN5O6/c1-24-21-42(25(2)23-43)34(44)31-20-30(39-35(45)38-28-11-6-5-7-12-28)17-18-32(31)48-26(3)10-8-9-19-47-33(24)22-41(4)36(46)40-29-15-13-27(37)14-16-29/h5-7,11-18,20,24-26,33,43H,8-10,19,21-23H2,1-4H3,(H,40,46)(H2,38,39,45)/t24-,25-,26-,33-/m0/s1. The summed E-state index contributed by atoms with van der Waals surface area (Å²) in [5.41, 5.74) is 1.72. The van der Waals surface area contributed by atoms with Crippen LogP contribution in [0.5, 0.6) is 5.75 Å². The zero-order chi connectivity index (χ0) is 34.6. The van der Waals surface area contributed by atoms with Crippen LogP contribution in [-0.4, -0.2) is 84.5 Å². The van der Waals surface area contributed by atoms with Gasteiger partial charge in [0, 0.05) is 49.7 Å². The number of rotatable bonds is 7. The molecule has 0 bridgehead atoms. The monoisotopic (exact) mass is 663 g/mol. The maximum absolute atomic E-state index is 14.3. The Kier molecular flexibility index (Phi) is 13.2. The number of amides is 5. The van der Waals surface area contributed by atoms with Crippen LogP contribution in [0.4, 0.5) is 31.0 Å². The van der Waals surface area contributed by atoms with E-state index < -0.39 is 24.0 Å². The summed E-state index contributed by atoms with van der Waals surface area (Å²) in [6.45, 7) is 6.24. The Morgan fingerprint density at radius 2 is 1.65 bits per heavy atom. The first-order valence-corrected chi connectivity index (χ1v) is 16.3. The van der Waals surface area contributed by atoms with Crippen LogP contribution < -0.4 is 20.7 Å². The number of urea groups is 2. The van der Waals surface area contributed by atoms with Gasteiger partial charge in [0.15, 0.2) is 0 Å². The van der Waals surface area contributed by atoms with Crippen molar-refractivity contribution in [2.24, 2.45) is 5.92 Å². The fourth-order valence-corrected chi connectivity index (χ4v) is 5.38. The number of halogens is 1. The molecule has 0 fully saturated rings. The zero-order valence-corrected chi connectivity index (χ0v) is 27.9. The minimum atomic E-state index is -0.559. The molecule has 5 amide bonds. The first-order chi connectivity index (χ1) is 23.0. The lowest BCUT2D eigenvalue weighted by Gasteiger charge is -2.35. The van der Waals surface area contributed by atoms with Crippen LogP contribution >= 0.6 is 0 Å². The van der Waals surface area contributed by atoms with Crippen LogP contribution in [0, 0.1) is 11.7 Å². The summed E-state index contributed by atoms with van der Waals surface area (Å²) < 4.78 is 25.9. The number of hydrogen-bond acceptors (Lipinski definition) is 6. The Morgan fingerprint density at radius 1 is 0.979 bits per heavy atom. The van der Waals surface area contributed by atoms with Gasteiger partial charge in [0.25, 0.3) is 5.91 Å². The number of fused-ring (bicyclic) bond motifs is 1. The Bertz CT molecular complexity index is 1510. The Hall–Kier alpha value is -4.68. The lowest BCUT2D eigenvalue weighted by Crippen LogP contribution is -2.48. The molecule has 258 valence electrons. The number of nitrogens with one attached hydrogen (secondary N) is 3. The topological polar surface area (TPSA) is 132 Å². The fraction of sp³-hybridized carbons (Fsp3) is 0.417. The van der Waals surface area contributed by atoms with Crippen molar-refractivity contribution in [3.8, 4) is 5.75 Å². The van der Waals surface area contributed by atoms with Crippen LogP contribution in [0.2, 0.25) is 0 Å². The Labute approximate surface area is 281 Å². The molecule has 0 aromatic heterocycles. The predicted molar refractivity (Wildman–Crippen MR) is 184 cm³/mol. The van der Waals surface area contributed by atoms with Gasteiger partial charge in [-0.2, -0.15) is 0 Å². The average molecular weight is 664 g/mol. The molecule has 4 N–H and O–H groups in total. The van der Waals surface area contributed by atoms with Crippen molar-refractivity contribution in [3.63, 3.8) is 0 Å². The van der Waals surface area contributed by atoms with E-state index in [9.17, 15) is 23.9 Å². The van der Waals surface area contributed by atoms with E-state index in [-0.39, 0.29) is 49.2 Å². The third-order valence-corrected chi connectivity index (χ3v) is 8.24. The zero-order valence-electron chi connectivity index (χ0n) is 27.9. The molecule has 1 heterocycles. The van der Waals surface area contributed by atoms with Crippen molar-refractivity contribution in [2.75, 3.05) is 49.3 Å². The highest BCUT2D eigenvalue weighted by Gasteiger charge is 2.31. The molecular formula is C36H46FN5O6. The molecule has 0 saturated carbocycles. The van der Waals surface area contributed by atoms with Crippen LogP contribution in [-0.2, 0) is 4.74 Å². The summed E-state index contributed by atoms with van der Waals surface area (Å²) in [5, 5.41) is 18.5. The second kappa shape index (κ2) is 17.5. The number of benzene rings is 3. The third-order valence-electron chi connectivity index (χ3n) is 8.24. The quantitative estimate of drug-likeness (QED) is 0.230. The molecule has 3 aromatic rings. The fourth-order valence-electron chi connectivity index (χ4n) is 5.38. The number of nitrogens with zero attached hydrogens (tertiary/aromatic N) is 2. The molecule has 48 heavy (non-hydrogen) atoms. The van der Waals surface area contributed by atoms with Gasteiger partial charge in [-0.15, -0.1) is 0 Å². The van der Waals surface area contributed by atoms with E-state index in [1.165, 1.54) is 29.2 Å². The van der Waals surface area contributed by atoms with Crippen molar-refractivity contribution >= 4 is 35.0 Å². The molecule has 12 heteroatoms. The van der Waals surface area contributed by atoms with Gasteiger partial charge in [0.05, 0.1) is 30.4 Å². The molecular weight excluding hydrogens is 617 g/mol. The molecule has 3 aromatic carbocycles. The van der Waals surface area contributed by atoms with Crippen molar-refractivity contribution in [3.05, 3.63) is 84.2 Å². The van der Waals surface area contributed by atoms with Crippen molar-refractivity contribution in [1.82, 2.24) is 9.80 Å². The maximum atomic E-state index is 14.3. The Balaban J connectivity index is 1.57. The summed E-state index contributed by atoms with van der Waals surface area (Å²) in [4.78, 5) is 43.2. The van der Waals surface area contributed by atoms with E-state index in [1.54, 1.807) is 49.2 Å². The van der Waals surface area contributed by atoms with Gasteiger partial charge in [-0.1, -0.05) is 25.1 Å². The number of carbonyl (C=O) groups excluding carboxylic acids is 3. The summed E-state index contributed by atoms with van der Waals surface area (Å²) in [6, 6.07) is 18.1. The summed E-state index contributed by atoms with van der Waals surface area (Å²) in [7, 11) is 1.65. The van der Waals surface area contributed by atoms with Gasteiger partial charge < -0.3 is 40.3 Å². The maximum Gasteiger partial charge on any atom is 0.323 e. The first kappa shape index (κ1) is 36.2. The highest BCUT2D eigenvalue weighted by atomic mass is 19.1. The molecule has 1 aliphatic rings. The summed E-state index contributed by atoms with van der Waals surface area (Å²) in [6.07, 6.45) is 1.65. The predicted octanol–water partition coefficient (Wildman–Crippen LogP) is 6.43. The van der Waals surface area contributed by atoms with Gasteiger partial charge in [-0.05, 0) is 87.7 Å². The number of likely N-dealkylation sites (N-methyl/N-ethyl adjacent to an activating group) is 1. The number of carbonyl (C=O) groups is 3. The number of aliphatic hydroxyl groups excluding tert-OH is 1. The summed E-state index contributed by atoms with van der Waals surface area (Å²) in [5.74, 6) is -0.653. The molecule has 0 spiro atoms. The first-order valence-electron chi connectivity index (χ1n) is 16.3. The second-order valence-electron chi connectivity index (χ2n) is 12.3. The number of para-hydroxylation sites is 1. The van der Waals surface area contributed by atoms with E-state index in [0.29, 0.717) is 35.8 Å². The van der Waals surface area contributed by atoms with E-state index in [0.717, 1.165) is 12.8 Å². The van der Waals surface area contributed by atoms with Gasteiger partial charge >= 0.3 is 12.1 Å². The van der Waals surface area contributed by atoms with Crippen LogP contribution in [0.25, 0.3) is 0 Å². The van der Waals surface area contributed by atoms with Gasteiger partial charge in [-0.25, -0.2) is 14.0 Å². The van der Waals surface area contributed by atoms with E-state index in [4.69, 9.17) is 9.47 Å². The minimum Gasteiger partial charge on any atom is -0.490 e. The van der Waals surface area contributed by atoms with Gasteiger partial charge in [0.2, 0.25) is 0 Å². The molecule has 4 atom stereocenters. The SMILES string of the molecule is C[C@H]1CCCCO[C@@H](CN(C)C(=O)Nc2ccc(F)cc2)[C@@H](C)CN([C@@H](C)CO)C(=O)c2cc(NC(=O)Nc3ccccc3)ccc2O1. The van der Waals surface area contributed by atoms with Crippen LogP contribution in [0.1, 0.15) is 50.4 Å². The van der Waals surface area contributed by atoms with Crippen LogP contribution in [0.3, 0.4) is 0 Å². The van der Waals surface area contributed by atoms with Crippen LogP contribution in [0.15, 0.2) is 72.8 Å². The third kappa shape index (κ3) is 10.4. The van der Waals surface area contributed by atoms with E-state index in [2.05, 4.69) is 16.0 Å². The number of hydrogen-bond donors (Lipinski definition) is 4. The highest BCUT2D eigenvalue weighted by molar-refractivity contribution is 6.02. The smallest absolute Gasteiger partial charge is 0.323 e. The number of ether oxygens (including phenoxy) is 2. The Morgan fingerprint density at radius 3 is 2.35 bits per heavy atom. The normalized spacial score (nSPS) is 19.6. The molecule has 4 rings (SSSR count). The van der Waals surface area contributed by atoms with Crippen molar-refractivity contribution < 1.29 is 33.4 Å². The molecule has 0 aliphatic carbocycles. The molecule has 1 aliphatic heterocycles. The lowest BCUT2D eigenvalue weighted by atomic mass is 10.0. The largest absolute Gasteiger partial charge is 0.490 e. The molecule has 11 nitrogen and oxygen atoms in total. The number of aliphatic hydroxyl groups is 1. The summed E-state index contributed by atoms with van der Waals surface area (Å²) >= 11 is 0. The molecule has 0 saturated heterocycles. The van der Waals surface area contributed by atoms with Crippen molar-refractivity contribution in [2.45, 2.75) is 58.3 Å². The molecule has 0 radical (unpaired) electrons. The van der Waals surface area contributed by atoms with Gasteiger partial charge in [-0.3, -0.25) is 4.79 Å². The highest BCUT2D eigenvalue weighted by Crippen LogP contribution is 2.29. The van der Waals surface area contributed by atoms with Gasteiger partial charge in [0.1, 0.15) is 11.6 Å². The van der Waals surface area contributed by atoms with E-state index >= 15 is 0 Å². The second-order valence-corrected chi connectivity index (χ2v) is 12.3. The lowest BCUT2D eigenvalue weighted by molar-refractivity contribution is -0.0115. The number of anilines is 3.